The van der Waals surface area contributed by atoms with E-state index in [1.807, 2.05) is 11.4 Å². The summed E-state index contributed by atoms with van der Waals surface area (Å²) in [4.78, 5) is 28.7. The zero-order chi connectivity index (χ0) is 19.8. The number of nitrogens with one attached hydrogen (secondary N) is 2. The third-order valence-electron chi connectivity index (χ3n) is 5.02. The number of rotatable bonds is 8. The Balaban J connectivity index is 1.38. The summed E-state index contributed by atoms with van der Waals surface area (Å²) in [5, 5.41) is 9.16. The Bertz CT molecular complexity index is 751. The van der Waals surface area contributed by atoms with Gasteiger partial charge in [-0.05, 0) is 30.5 Å². The maximum Gasteiger partial charge on any atom is 0.252 e. The van der Waals surface area contributed by atoms with Gasteiger partial charge in [0, 0.05) is 49.7 Å². The Hall–Kier alpha value is -2.22. The van der Waals surface area contributed by atoms with Crippen molar-refractivity contribution < 1.29 is 9.59 Å². The van der Waals surface area contributed by atoms with Crippen molar-refractivity contribution in [3.8, 4) is 0 Å². The zero-order valence-electron chi connectivity index (χ0n) is 16.3. The van der Waals surface area contributed by atoms with Crippen molar-refractivity contribution in [1.82, 2.24) is 20.4 Å². The highest BCUT2D eigenvalue weighted by Gasteiger charge is 2.25. The number of thiophene rings is 1. The average Bonchev–Trinajstić information content (AvgIpc) is 3.26. The van der Waals surface area contributed by atoms with Crippen LogP contribution in [0.15, 0.2) is 47.2 Å². The van der Waals surface area contributed by atoms with Crippen molar-refractivity contribution in [2.45, 2.75) is 12.5 Å². The molecule has 0 bridgehead atoms. The van der Waals surface area contributed by atoms with Gasteiger partial charge in [0.25, 0.3) is 5.91 Å². The largest absolute Gasteiger partial charge is 0.355 e. The SMILES string of the molecule is CN1CCN(CCCNC(=O)CNC(=O)c2ccsc2)C(c2ccccc2)C1. The number of amides is 2. The van der Waals surface area contributed by atoms with Crippen LogP contribution in [0.25, 0.3) is 0 Å². The van der Waals surface area contributed by atoms with Gasteiger partial charge in [-0.15, -0.1) is 0 Å². The van der Waals surface area contributed by atoms with Gasteiger partial charge in [-0.25, -0.2) is 0 Å². The van der Waals surface area contributed by atoms with E-state index in [0.29, 0.717) is 18.2 Å². The highest BCUT2D eigenvalue weighted by molar-refractivity contribution is 7.08. The second kappa shape index (κ2) is 10.4. The lowest BCUT2D eigenvalue weighted by atomic mass is 10.0. The Morgan fingerprint density at radius 1 is 1.14 bits per heavy atom. The molecule has 150 valence electrons. The van der Waals surface area contributed by atoms with E-state index in [1.54, 1.807) is 11.4 Å². The fourth-order valence-corrected chi connectivity index (χ4v) is 4.08. The summed E-state index contributed by atoms with van der Waals surface area (Å²) in [6, 6.07) is 12.7. The van der Waals surface area contributed by atoms with Gasteiger partial charge >= 0.3 is 0 Å². The van der Waals surface area contributed by atoms with Crippen LogP contribution in [0.2, 0.25) is 0 Å². The molecule has 2 amide bonds. The van der Waals surface area contributed by atoms with Crippen molar-refractivity contribution in [2.75, 3.05) is 46.3 Å². The first-order valence-corrected chi connectivity index (χ1v) is 10.6. The molecule has 1 fully saturated rings. The number of hydrogen-bond acceptors (Lipinski definition) is 5. The number of piperazine rings is 1. The molecule has 2 aromatic rings. The van der Waals surface area contributed by atoms with Crippen LogP contribution in [-0.2, 0) is 4.79 Å². The lowest BCUT2D eigenvalue weighted by Crippen LogP contribution is -2.47. The number of carbonyl (C=O) groups excluding carboxylic acids is 2. The van der Waals surface area contributed by atoms with Crippen molar-refractivity contribution in [1.29, 1.82) is 0 Å². The van der Waals surface area contributed by atoms with Gasteiger partial charge in [0.2, 0.25) is 5.91 Å². The molecule has 28 heavy (non-hydrogen) atoms. The number of nitrogens with zero attached hydrogens (tertiary/aromatic N) is 2. The Morgan fingerprint density at radius 3 is 2.71 bits per heavy atom. The van der Waals surface area contributed by atoms with Gasteiger partial charge in [0.15, 0.2) is 0 Å². The topological polar surface area (TPSA) is 64.7 Å². The third-order valence-corrected chi connectivity index (χ3v) is 5.70. The molecule has 1 saturated heterocycles. The standard InChI is InChI=1S/C21H28N4O2S/c1-24-11-12-25(19(15-24)17-6-3-2-4-7-17)10-5-9-22-20(26)14-23-21(27)18-8-13-28-16-18/h2-4,6-8,13,16,19H,5,9-12,14-15H2,1H3,(H,22,26)(H,23,27). The second-order valence-corrected chi connectivity index (χ2v) is 7.90. The van der Waals surface area contributed by atoms with E-state index in [-0.39, 0.29) is 18.4 Å². The van der Waals surface area contributed by atoms with Crippen molar-refractivity contribution >= 4 is 23.2 Å². The van der Waals surface area contributed by atoms with E-state index in [4.69, 9.17) is 0 Å². The molecule has 0 spiro atoms. The second-order valence-electron chi connectivity index (χ2n) is 7.12. The molecule has 2 N–H and O–H groups in total. The minimum atomic E-state index is -0.209. The predicted octanol–water partition coefficient (Wildman–Crippen LogP) is 1.97. The Kier molecular flexibility index (Phi) is 7.59. The fraction of sp³-hybridized carbons (Fsp3) is 0.429. The van der Waals surface area contributed by atoms with Gasteiger partial charge in [-0.1, -0.05) is 30.3 Å². The van der Waals surface area contributed by atoms with Gasteiger partial charge in [-0.3, -0.25) is 14.5 Å². The van der Waals surface area contributed by atoms with Crippen LogP contribution in [0, 0.1) is 0 Å². The minimum Gasteiger partial charge on any atom is -0.355 e. The molecule has 0 aliphatic carbocycles. The van der Waals surface area contributed by atoms with E-state index in [2.05, 4.69) is 51.7 Å². The fourth-order valence-electron chi connectivity index (χ4n) is 3.44. The summed E-state index contributed by atoms with van der Waals surface area (Å²) in [6.07, 6.45) is 0.886. The van der Waals surface area contributed by atoms with E-state index in [9.17, 15) is 9.59 Å². The molecule has 1 aromatic carbocycles. The molecule has 0 radical (unpaired) electrons. The van der Waals surface area contributed by atoms with Crippen molar-refractivity contribution in [2.24, 2.45) is 0 Å². The maximum absolute atomic E-state index is 12.0. The van der Waals surface area contributed by atoms with Gasteiger partial charge in [-0.2, -0.15) is 11.3 Å². The first-order chi connectivity index (χ1) is 13.6. The summed E-state index contributed by atoms with van der Waals surface area (Å²) in [5.41, 5.74) is 1.94. The van der Waals surface area contributed by atoms with Crippen LogP contribution in [0.3, 0.4) is 0 Å². The highest BCUT2D eigenvalue weighted by Crippen LogP contribution is 2.24. The van der Waals surface area contributed by atoms with E-state index in [0.717, 1.165) is 32.6 Å². The number of carbonyl (C=O) groups is 2. The molecule has 1 aliphatic heterocycles. The predicted molar refractivity (Wildman–Crippen MR) is 113 cm³/mol. The Morgan fingerprint density at radius 2 is 1.96 bits per heavy atom. The van der Waals surface area contributed by atoms with Crippen LogP contribution in [-0.4, -0.2) is 67.9 Å². The minimum absolute atomic E-state index is 0.00975. The summed E-state index contributed by atoms with van der Waals surface area (Å²) in [5.74, 6) is -0.360. The summed E-state index contributed by atoms with van der Waals surface area (Å²) in [6.45, 7) is 4.67. The van der Waals surface area contributed by atoms with Gasteiger partial charge in [0.05, 0.1) is 6.54 Å². The quantitative estimate of drug-likeness (QED) is 0.665. The summed E-state index contributed by atoms with van der Waals surface area (Å²) in [7, 11) is 2.16. The van der Waals surface area contributed by atoms with E-state index in [1.165, 1.54) is 16.9 Å². The molecule has 0 saturated carbocycles. The van der Waals surface area contributed by atoms with Gasteiger partial charge in [0.1, 0.15) is 0 Å². The van der Waals surface area contributed by atoms with Crippen molar-refractivity contribution in [3.63, 3.8) is 0 Å². The average molecular weight is 401 g/mol. The Labute approximate surface area is 170 Å². The molecular weight excluding hydrogens is 372 g/mol. The molecule has 1 unspecified atom stereocenters. The molecule has 1 aliphatic rings. The van der Waals surface area contributed by atoms with Crippen LogP contribution >= 0.6 is 11.3 Å². The van der Waals surface area contributed by atoms with Crippen molar-refractivity contribution in [3.05, 3.63) is 58.3 Å². The number of likely N-dealkylation sites (N-methyl/N-ethyl adjacent to an activating group) is 1. The summed E-state index contributed by atoms with van der Waals surface area (Å²) >= 11 is 1.46. The lowest BCUT2D eigenvalue weighted by Gasteiger charge is -2.40. The first-order valence-electron chi connectivity index (χ1n) is 9.68. The van der Waals surface area contributed by atoms with Crippen LogP contribution in [0.1, 0.15) is 28.4 Å². The normalized spacial score (nSPS) is 18.0. The summed E-state index contributed by atoms with van der Waals surface area (Å²) < 4.78 is 0. The molecular formula is C21H28N4O2S. The van der Waals surface area contributed by atoms with Gasteiger partial charge < -0.3 is 15.5 Å². The van der Waals surface area contributed by atoms with Crippen LogP contribution in [0.4, 0.5) is 0 Å². The third kappa shape index (κ3) is 5.89. The molecule has 1 aromatic heterocycles. The highest BCUT2D eigenvalue weighted by atomic mass is 32.1. The smallest absolute Gasteiger partial charge is 0.252 e. The lowest BCUT2D eigenvalue weighted by molar-refractivity contribution is -0.120. The van der Waals surface area contributed by atoms with E-state index < -0.39 is 0 Å². The van der Waals surface area contributed by atoms with Crippen LogP contribution in [0.5, 0.6) is 0 Å². The molecule has 3 rings (SSSR count). The first kappa shape index (κ1) is 20.5. The number of hydrogen-bond donors (Lipinski definition) is 2. The molecule has 7 heteroatoms. The van der Waals surface area contributed by atoms with Crippen LogP contribution < -0.4 is 10.6 Å². The zero-order valence-corrected chi connectivity index (χ0v) is 17.1. The maximum atomic E-state index is 12.0. The molecule has 6 nitrogen and oxygen atoms in total. The van der Waals surface area contributed by atoms with E-state index >= 15 is 0 Å². The number of benzene rings is 1. The molecule has 2 heterocycles. The monoisotopic (exact) mass is 400 g/mol. The molecule has 1 atom stereocenters.